The van der Waals surface area contributed by atoms with Crippen LogP contribution in [0.2, 0.25) is 0 Å². The van der Waals surface area contributed by atoms with Gasteiger partial charge in [-0.3, -0.25) is 0 Å². The predicted octanol–water partition coefficient (Wildman–Crippen LogP) is 4.70. The highest BCUT2D eigenvalue weighted by Gasteiger charge is 2.15. The lowest BCUT2D eigenvalue weighted by atomic mass is 10.2. The van der Waals surface area contributed by atoms with Gasteiger partial charge < -0.3 is 15.4 Å². The molecule has 0 aliphatic rings. The molecule has 1 rings (SSSR count). The average molecular weight is 306 g/mol. The number of rotatable bonds is 8. The maximum absolute atomic E-state index is 11.6. The van der Waals surface area contributed by atoms with Gasteiger partial charge in [-0.2, -0.15) is 0 Å². The number of carbonyl (C=O) groups is 1. The first-order valence-corrected chi connectivity index (χ1v) is 8.20. The maximum Gasteiger partial charge on any atom is 0.407 e. The van der Waals surface area contributed by atoms with E-state index in [9.17, 15) is 4.79 Å². The van der Waals surface area contributed by atoms with E-state index in [0.717, 1.165) is 17.8 Å². The molecule has 0 atom stereocenters. The normalized spacial score (nSPS) is 11.1. The number of benzene rings is 1. The molecule has 22 heavy (non-hydrogen) atoms. The molecule has 0 aliphatic heterocycles. The van der Waals surface area contributed by atoms with Gasteiger partial charge in [0.1, 0.15) is 5.60 Å². The molecule has 0 saturated carbocycles. The third-order valence-corrected chi connectivity index (χ3v) is 3.12. The lowest BCUT2D eigenvalue weighted by Gasteiger charge is -2.19. The molecular weight excluding hydrogens is 276 g/mol. The molecule has 2 N–H and O–H groups in total. The molecule has 0 aliphatic carbocycles. The molecule has 1 aromatic carbocycles. The minimum absolute atomic E-state index is 0.384. The number of hydrogen-bond acceptors (Lipinski definition) is 3. The van der Waals surface area contributed by atoms with Crippen LogP contribution in [0.4, 0.5) is 10.5 Å². The minimum atomic E-state index is -0.466. The summed E-state index contributed by atoms with van der Waals surface area (Å²) in [5.74, 6) is 0. The summed E-state index contributed by atoms with van der Waals surface area (Å²) in [5.41, 5.74) is 1.69. The first kappa shape index (κ1) is 18.3. The summed E-state index contributed by atoms with van der Waals surface area (Å²) in [6.07, 6.45) is 4.62. The standard InChI is InChI=1S/C18H30N2O2/c1-5-6-7-8-12-19-16-11-9-10-15(13-16)14-20-17(21)22-18(2,3)4/h9-11,13,19H,5-8,12,14H2,1-4H3,(H,20,21). The number of unbranched alkanes of at least 4 members (excludes halogenated alkanes) is 3. The number of anilines is 1. The van der Waals surface area contributed by atoms with E-state index in [4.69, 9.17) is 4.74 Å². The van der Waals surface area contributed by atoms with E-state index in [1.165, 1.54) is 25.7 Å². The fraction of sp³-hybridized carbons (Fsp3) is 0.611. The van der Waals surface area contributed by atoms with Crippen molar-refractivity contribution in [2.24, 2.45) is 0 Å². The summed E-state index contributed by atoms with van der Waals surface area (Å²) < 4.78 is 5.23. The molecular formula is C18H30N2O2. The zero-order chi connectivity index (χ0) is 16.4. The molecule has 0 radical (unpaired) electrons. The van der Waals surface area contributed by atoms with Gasteiger partial charge in [-0.15, -0.1) is 0 Å². The molecule has 0 saturated heterocycles. The summed E-state index contributed by atoms with van der Waals surface area (Å²) in [7, 11) is 0. The van der Waals surface area contributed by atoms with Crippen molar-refractivity contribution in [1.82, 2.24) is 5.32 Å². The van der Waals surface area contributed by atoms with Gasteiger partial charge in [0.05, 0.1) is 0 Å². The molecule has 0 bridgehead atoms. The molecule has 0 heterocycles. The zero-order valence-corrected chi connectivity index (χ0v) is 14.4. The van der Waals surface area contributed by atoms with E-state index in [1.54, 1.807) is 0 Å². The minimum Gasteiger partial charge on any atom is -0.444 e. The van der Waals surface area contributed by atoms with E-state index in [0.29, 0.717) is 6.54 Å². The van der Waals surface area contributed by atoms with Crippen molar-refractivity contribution in [2.75, 3.05) is 11.9 Å². The molecule has 1 aromatic rings. The van der Waals surface area contributed by atoms with E-state index in [-0.39, 0.29) is 6.09 Å². The van der Waals surface area contributed by atoms with Crippen LogP contribution >= 0.6 is 0 Å². The largest absolute Gasteiger partial charge is 0.444 e. The second-order valence-corrected chi connectivity index (χ2v) is 6.54. The van der Waals surface area contributed by atoms with E-state index < -0.39 is 5.60 Å². The van der Waals surface area contributed by atoms with Crippen molar-refractivity contribution in [3.63, 3.8) is 0 Å². The Hall–Kier alpha value is -1.71. The Kier molecular flexibility index (Phi) is 7.78. The number of nitrogens with one attached hydrogen (secondary N) is 2. The molecule has 4 nitrogen and oxygen atoms in total. The number of amides is 1. The highest BCUT2D eigenvalue weighted by atomic mass is 16.6. The van der Waals surface area contributed by atoms with Crippen molar-refractivity contribution in [1.29, 1.82) is 0 Å². The van der Waals surface area contributed by atoms with Crippen LogP contribution in [0.3, 0.4) is 0 Å². The van der Waals surface area contributed by atoms with Crippen molar-refractivity contribution in [3.05, 3.63) is 29.8 Å². The molecule has 124 valence electrons. The van der Waals surface area contributed by atoms with Crippen molar-refractivity contribution >= 4 is 11.8 Å². The number of alkyl carbamates (subject to hydrolysis) is 1. The van der Waals surface area contributed by atoms with Crippen molar-refractivity contribution in [2.45, 2.75) is 65.5 Å². The van der Waals surface area contributed by atoms with Crippen LogP contribution in [0.15, 0.2) is 24.3 Å². The van der Waals surface area contributed by atoms with E-state index in [2.05, 4.69) is 29.7 Å². The van der Waals surface area contributed by atoms with Crippen LogP contribution in [-0.4, -0.2) is 18.2 Å². The Balaban J connectivity index is 2.36. The van der Waals surface area contributed by atoms with Gasteiger partial charge in [-0.05, 0) is 44.9 Å². The summed E-state index contributed by atoms with van der Waals surface area (Å²) in [4.78, 5) is 11.6. The van der Waals surface area contributed by atoms with Crippen LogP contribution in [0.5, 0.6) is 0 Å². The average Bonchev–Trinajstić information content (AvgIpc) is 2.44. The summed E-state index contributed by atoms with van der Waals surface area (Å²) in [6.45, 7) is 9.25. The van der Waals surface area contributed by atoms with Gasteiger partial charge in [-0.1, -0.05) is 38.3 Å². The monoisotopic (exact) mass is 306 g/mol. The lowest BCUT2D eigenvalue weighted by Crippen LogP contribution is -2.32. The third kappa shape index (κ3) is 8.55. The fourth-order valence-electron chi connectivity index (χ4n) is 2.06. The van der Waals surface area contributed by atoms with Crippen LogP contribution in [-0.2, 0) is 11.3 Å². The Labute approximate surface area is 134 Å². The summed E-state index contributed by atoms with van der Waals surface area (Å²) in [6, 6.07) is 8.12. The molecule has 0 aromatic heterocycles. The second-order valence-electron chi connectivity index (χ2n) is 6.54. The van der Waals surface area contributed by atoms with Crippen molar-refractivity contribution < 1.29 is 9.53 Å². The van der Waals surface area contributed by atoms with Gasteiger partial charge in [0.25, 0.3) is 0 Å². The molecule has 4 heteroatoms. The number of ether oxygens (including phenoxy) is 1. The molecule has 0 spiro atoms. The quantitative estimate of drug-likeness (QED) is 0.684. The molecule has 0 unspecified atom stereocenters. The van der Waals surface area contributed by atoms with Crippen LogP contribution in [0.1, 0.15) is 58.9 Å². The van der Waals surface area contributed by atoms with Crippen LogP contribution in [0.25, 0.3) is 0 Å². The predicted molar refractivity (Wildman–Crippen MR) is 92.1 cm³/mol. The Morgan fingerprint density at radius 3 is 2.64 bits per heavy atom. The lowest BCUT2D eigenvalue weighted by molar-refractivity contribution is 0.0523. The highest BCUT2D eigenvalue weighted by molar-refractivity contribution is 5.67. The SMILES string of the molecule is CCCCCCNc1cccc(CNC(=O)OC(C)(C)C)c1. The van der Waals surface area contributed by atoms with E-state index in [1.807, 2.05) is 32.9 Å². The topological polar surface area (TPSA) is 50.4 Å². The van der Waals surface area contributed by atoms with Gasteiger partial charge in [-0.25, -0.2) is 4.79 Å². The van der Waals surface area contributed by atoms with Gasteiger partial charge in [0.15, 0.2) is 0 Å². The number of hydrogen-bond donors (Lipinski definition) is 2. The Morgan fingerprint density at radius 1 is 1.18 bits per heavy atom. The molecule has 0 fully saturated rings. The maximum atomic E-state index is 11.6. The summed E-state index contributed by atoms with van der Waals surface area (Å²) >= 11 is 0. The van der Waals surface area contributed by atoms with Crippen LogP contribution in [0, 0.1) is 0 Å². The van der Waals surface area contributed by atoms with Gasteiger partial charge in [0, 0.05) is 18.8 Å². The smallest absolute Gasteiger partial charge is 0.407 e. The Morgan fingerprint density at radius 2 is 1.95 bits per heavy atom. The second kappa shape index (κ2) is 9.34. The van der Waals surface area contributed by atoms with Crippen molar-refractivity contribution in [3.8, 4) is 0 Å². The first-order chi connectivity index (χ1) is 10.4. The molecule has 1 amide bonds. The number of carbonyl (C=O) groups excluding carboxylic acids is 1. The summed E-state index contributed by atoms with van der Waals surface area (Å²) in [5, 5.41) is 6.20. The third-order valence-electron chi connectivity index (χ3n) is 3.12. The highest BCUT2D eigenvalue weighted by Crippen LogP contribution is 2.12. The Bertz CT molecular complexity index is 453. The zero-order valence-electron chi connectivity index (χ0n) is 14.4. The van der Waals surface area contributed by atoms with Gasteiger partial charge >= 0.3 is 6.09 Å². The van der Waals surface area contributed by atoms with E-state index >= 15 is 0 Å². The fourth-order valence-corrected chi connectivity index (χ4v) is 2.06. The first-order valence-electron chi connectivity index (χ1n) is 8.20. The van der Waals surface area contributed by atoms with Gasteiger partial charge in [0.2, 0.25) is 0 Å². The van der Waals surface area contributed by atoms with Crippen LogP contribution < -0.4 is 10.6 Å².